The van der Waals surface area contributed by atoms with E-state index in [2.05, 4.69) is 28.1 Å². The molecule has 35 heavy (non-hydrogen) atoms. The SMILES string of the molecule is O=C(CC1(NC(=O)OCC2c3ccccc3-c3ccccc32)CCC1)NC1C(=O)NCC1C(=O)O. The number of hydrogen-bond donors (Lipinski definition) is 4. The third-order valence-corrected chi connectivity index (χ3v) is 7.34. The summed E-state index contributed by atoms with van der Waals surface area (Å²) in [6.07, 6.45) is 1.40. The molecule has 2 aromatic carbocycles. The minimum atomic E-state index is -1.15. The van der Waals surface area contributed by atoms with Gasteiger partial charge in [0.25, 0.3) is 0 Å². The van der Waals surface area contributed by atoms with Crippen molar-refractivity contribution in [2.24, 2.45) is 5.92 Å². The smallest absolute Gasteiger partial charge is 0.407 e. The minimum Gasteiger partial charge on any atom is -0.481 e. The van der Waals surface area contributed by atoms with Crippen LogP contribution in [0.5, 0.6) is 0 Å². The Bertz CT molecular complexity index is 1150. The number of hydrogen-bond acceptors (Lipinski definition) is 5. The maximum Gasteiger partial charge on any atom is 0.407 e. The summed E-state index contributed by atoms with van der Waals surface area (Å²) in [6.45, 7) is 0.146. The third-order valence-electron chi connectivity index (χ3n) is 7.34. The van der Waals surface area contributed by atoms with Gasteiger partial charge in [-0.3, -0.25) is 14.4 Å². The fourth-order valence-corrected chi connectivity index (χ4v) is 5.35. The fraction of sp³-hybridized carbons (Fsp3) is 0.385. The lowest BCUT2D eigenvalue weighted by Gasteiger charge is -2.41. The van der Waals surface area contributed by atoms with Crippen LogP contribution in [0.2, 0.25) is 0 Å². The zero-order valence-electron chi connectivity index (χ0n) is 19.1. The topological polar surface area (TPSA) is 134 Å². The highest BCUT2D eigenvalue weighted by molar-refractivity contribution is 5.94. The first kappa shape index (κ1) is 22.9. The van der Waals surface area contributed by atoms with Crippen molar-refractivity contribution in [2.45, 2.75) is 43.2 Å². The van der Waals surface area contributed by atoms with Crippen molar-refractivity contribution in [1.29, 1.82) is 0 Å². The van der Waals surface area contributed by atoms with Crippen LogP contribution < -0.4 is 16.0 Å². The highest BCUT2D eigenvalue weighted by atomic mass is 16.5. The molecule has 2 aromatic rings. The number of alkyl carbamates (subject to hydrolysis) is 1. The summed E-state index contributed by atoms with van der Waals surface area (Å²) in [5, 5.41) is 17.1. The molecule has 3 amide bonds. The molecule has 2 unspecified atom stereocenters. The number of carboxylic acid groups (broad SMARTS) is 1. The van der Waals surface area contributed by atoms with Crippen molar-refractivity contribution in [3.8, 4) is 11.1 Å². The van der Waals surface area contributed by atoms with E-state index in [4.69, 9.17) is 4.74 Å². The van der Waals surface area contributed by atoms with Crippen LogP contribution >= 0.6 is 0 Å². The first-order chi connectivity index (χ1) is 16.9. The van der Waals surface area contributed by atoms with E-state index in [1.807, 2.05) is 36.4 Å². The zero-order chi connectivity index (χ0) is 24.6. The number of fused-ring (bicyclic) bond motifs is 3. The van der Waals surface area contributed by atoms with Crippen molar-refractivity contribution in [2.75, 3.05) is 13.2 Å². The van der Waals surface area contributed by atoms with Crippen molar-refractivity contribution >= 4 is 23.9 Å². The van der Waals surface area contributed by atoms with Gasteiger partial charge in [-0.05, 0) is 41.5 Å². The lowest BCUT2D eigenvalue weighted by atomic mass is 9.74. The Hall–Kier alpha value is -3.88. The van der Waals surface area contributed by atoms with E-state index in [1.54, 1.807) is 0 Å². The molecule has 1 saturated carbocycles. The Kier molecular flexibility index (Phi) is 5.92. The Labute approximate surface area is 202 Å². The molecule has 1 heterocycles. The first-order valence-electron chi connectivity index (χ1n) is 11.8. The first-order valence-corrected chi connectivity index (χ1v) is 11.8. The molecule has 4 N–H and O–H groups in total. The van der Waals surface area contributed by atoms with Crippen LogP contribution in [0, 0.1) is 5.92 Å². The average Bonchev–Trinajstić information content (AvgIpc) is 3.34. The predicted molar refractivity (Wildman–Crippen MR) is 125 cm³/mol. The van der Waals surface area contributed by atoms with Crippen molar-refractivity contribution in [1.82, 2.24) is 16.0 Å². The number of ether oxygens (including phenoxy) is 1. The lowest BCUT2D eigenvalue weighted by molar-refractivity contribution is -0.143. The second-order valence-corrected chi connectivity index (χ2v) is 9.50. The molecule has 0 spiro atoms. The van der Waals surface area contributed by atoms with Crippen LogP contribution in [0.25, 0.3) is 11.1 Å². The van der Waals surface area contributed by atoms with Crippen LogP contribution in [0.15, 0.2) is 48.5 Å². The number of nitrogens with one attached hydrogen (secondary N) is 3. The van der Waals surface area contributed by atoms with E-state index in [0.29, 0.717) is 12.8 Å². The van der Waals surface area contributed by atoms with E-state index in [0.717, 1.165) is 28.7 Å². The molecule has 1 aliphatic heterocycles. The third kappa shape index (κ3) is 4.34. The standard InChI is InChI=1S/C26H27N3O6/c30-21(28-22-19(24(32)33)13-27-23(22)31)12-26(10-5-11-26)29-25(34)35-14-20-17-8-3-1-6-15(17)16-7-2-4-9-18(16)20/h1-4,6-9,19-20,22H,5,10-14H2,(H,27,31)(H,28,30)(H,29,34)(H,32,33). The van der Waals surface area contributed by atoms with Crippen LogP contribution in [0.4, 0.5) is 4.79 Å². The Morgan fingerprint density at radius 3 is 2.23 bits per heavy atom. The second-order valence-electron chi connectivity index (χ2n) is 9.50. The molecule has 9 nitrogen and oxygen atoms in total. The summed E-state index contributed by atoms with van der Waals surface area (Å²) in [5.41, 5.74) is 3.74. The highest BCUT2D eigenvalue weighted by Gasteiger charge is 2.44. The molecule has 182 valence electrons. The van der Waals surface area contributed by atoms with Gasteiger partial charge >= 0.3 is 12.1 Å². The Morgan fingerprint density at radius 2 is 1.66 bits per heavy atom. The predicted octanol–water partition coefficient (Wildman–Crippen LogP) is 2.15. The number of aliphatic carboxylic acids is 1. The molecule has 3 aliphatic rings. The van der Waals surface area contributed by atoms with Gasteiger partial charge in [-0.25, -0.2) is 4.79 Å². The van der Waals surface area contributed by atoms with Gasteiger partial charge in [0.2, 0.25) is 11.8 Å². The maximum absolute atomic E-state index is 12.7. The molecular formula is C26H27N3O6. The molecule has 9 heteroatoms. The van der Waals surface area contributed by atoms with Crippen molar-refractivity contribution in [3.63, 3.8) is 0 Å². The van der Waals surface area contributed by atoms with Crippen molar-refractivity contribution in [3.05, 3.63) is 59.7 Å². The van der Waals surface area contributed by atoms with Crippen LogP contribution in [0.1, 0.15) is 42.7 Å². The molecule has 2 atom stereocenters. The fourth-order valence-electron chi connectivity index (χ4n) is 5.35. The lowest BCUT2D eigenvalue weighted by Crippen LogP contribution is -2.57. The summed E-state index contributed by atoms with van der Waals surface area (Å²) in [7, 11) is 0. The molecule has 2 fully saturated rings. The van der Waals surface area contributed by atoms with E-state index in [-0.39, 0.29) is 25.5 Å². The zero-order valence-corrected chi connectivity index (χ0v) is 19.1. The number of benzene rings is 2. The van der Waals surface area contributed by atoms with Crippen LogP contribution in [-0.2, 0) is 19.1 Å². The van der Waals surface area contributed by atoms with E-state index < -0.39 is 41.4 Å². The number of carbonyl (C=O) groups is 4. The van der Waals surface area contributed by atoms with E-state index in [1.165, 1.54) is 0 Å². The largest absolute Gasteiger partial charge is 0.481 e. The Morgan fingerprint density at radius 1 is 1.03 bits per heavy atom. The maximum atomic E-state index is 12.7. The molecule has 0 radical (unpaired) electrons. The summed E-state index contributed by atoms with van der Waals surface area (Å²) >= 11 is 0. The van der Waals surface area contributed by atoms with Gasteiger partial charge in [0.1, 0.15) is 18.6 Å². The monoisotopic (exact) mass is 477 g/mol. The van der Waals surface area contributed by atoms with Gasteiger partial charge in [0, 0.05) is 18.9 Å². The number of amides is 3. The van der Waals surface area contributed by atoms with Crippen LogP contribution in [0.3, 0.4) is 0 Å². The molecule has 0 aromatic heterocycles. The van der Waals surface area contributed by atoms with Gasteiger partial charge in [-0.15, -0.1) is 0 Å². The summed E-state index contributed by atoms with van der Waals surface area (Å²) in [6, 6.07) is 15.0. The number of carboxylic acids is 1. The summed E-state index contributed by atoms with van der Waals surface area (Å²) in [5.74, 6) is -3.22. The minimum absolute atomic E-state index is 0.0255. The van der Waals surface area contributed by atoms with Gasteiger partial charge in [-0.1, -0.05) is 48.5 Å². The average molecular weight is 478 g/mol. The van der Waals surface area contributed by atoms with E-state index in [9.17, 15) is 24.3 Å². The van der Waals surface area contributed by atoms with Gasteiger partial charge in [-0.2, -0.15) is 0 Å². The van der Waals surface area contributed by atoms with Gasteiger partial charge in [0.15, 0.2) is 0 Å². The molecule has 2 aliphatic carbocycles. The molecule has 1 saturated heterocycles. The van der Waals surface area contributed by atoms with Crippen molar-refractivity contribution < 1.29 is 29.0 Å². The summed E-state index contributed by atoms with van der Waals surface area (Å²) < 4.78 is 5.63. The van der Waals surface area contributed by atoms with Gasteiger partial charge in [0.05, 0.1) is 5.54 Å². The molecule has 0 bridgehead atoms. The molecule has 5 rings (SSSR count). The number of carbonyl (C=O) groups excluding carboxylic acids is 3. The quantitative estimate of drug-likeness (QED) is 0.483. The highest BCUT2D eigenvalue weighted by Crippen LogP contribution is 2.44. The van der Waals surface area contributed by atoms with Crippen LogP contribution in [-0.4, -0.2) is 53.7 Å². The summed E-state index contributed by atoms with van der Waals surface area (Å²) in [4.78, 5) is 48.7. The molecular weight excluding hydrogens is 450 g/mol. The number of rotatable bonds is 7. The van der Waals surface area contributed by atoms with Gasteiger partial charge < -0.3 is 25.8 Å². The second kappa shape index (κ2) is 9.05. The Balaban J connectivity index is 1.20. The normalized spacial score (nSPS) is 21.8. The van der Waals surface area contributed by atoms with E-state index >= 15 is 0 Å².